The largest absolute Gasteiger partial charge is 0.493 e. The summed E-state index contributed by atoms with van der Waals surface area (Å²) in [5.41, 5.74) is 4.99. The minimum absolute atomic E-state index is 0.391. The zero-order chi connectivity index (χ0) is 28.4. The maximum Gasteiger partial charge on any atom is 0.162 e. The topological polar surface area (TPSA) is 73.6 Å². The molecule has 4 aromatic carbocycles. The molecule has 0 amide bonds. The van der Waals surface area contributed by atoms with E-state index in [1.165, 1.54) is 11.3 Å². The van der Waals surface area contributed by atoms with Gasteiger partial charge in [-0.1, -0.05) is 66.7 Å². The van der Waals surface area contributed by atoms with Gasteiger partial charge in [-0.2, -0.15) is 5.26 Å². The van der Waals surface area contributed by atoms with Crippen molar-refractivity contribution in [3.63, 3.8) is 0 Å². The molecule has 0 N–H and O–H groups in total. The van der Waals surface area contributed by atoms with Gasteiger partial charge in [0.05, 0.1) is 25.5 Å². The lowest BCUT2D eigenvalue weighted by molar-refractivity contribution is 0.256. The molecule has 1 aromatic heterocycles. The van der Waals surface area contributed by atoms with Crippen LogP contribution < -0.4 is 18.9 Å². The summed E-state index contributed by atoms with van der Waals surface area (Å²) in [5, 5.41) is 12.6. The molecule has 0 spiro atoms. The van der Waals surface area contributed by atoms with E-state index in [9.17, 15) is 5.26 Å². The first-order valence-electron chi connectivity index (χ1n) is 12.9. The molecule has 6 nitrogen and oxygen atoms in total. The number of rotatable bonds is 11. The third-order valence-electron chi connectivity index (χ3n) is 6.29. The van der Waals surface area contributed by atoms with E-state index in [-0.39, 0.29) is 0 Å². The molecule has 0 aliphatic rings. The van der Waals surface area contributed by atoms with Crippen molar-refractivity contribution < 1.29 is 18.9 Å². The van der Waals surface area contributed by atoms with E-state index in [0.29, 0.717) is 46.8 Å². The summed E-state index contributed by atoms with van der Waals surface area (Å²) in [6.45, 7) is 0.807. The first kappa shape index (κ1) is 27.5. The van der Waals surface area contributed by atoms with Crippen LogP contribution in [0.4, 0.5) is 0 Å². The summed E-state index contributed by atoms with van der Waals surface area (Å²) >= 11 is 1.41. The van der Waals surface area contributed by atoms with Crippen molar-refractivity contribution in [3.05, 3.63) is 124 Å². The van der Waals surface area contributed by atoms with Crippen LogP contribution in [-0.2, 0) is 13.2 Å². The fourth-order valence-corrected chi connectivity index (χ4v) is 4.95. The van der Waals surface area contributed by atoms with Crippen LogP contribution in [0.5, 0.6) is 23.0 Å². The molecule has 5 rings (SSSR count). The van der Waals surface area contributed by atoms with Gasteiger partial charge in [-0.05, 0) is 53.1 Å². The van der Waals surface area contributed by atoms with Crippen LogP contribution in [0.2, 0.25) is 0 Å². The zero-order valence-electron chi connectivity index (χ0n) is 22.7. The van der Waals surface area contributed by atoms with E-state index in [0.717, 1.165) is 27.9 Å². The molecular formula is C34H28N2O4S. The lowest BCUT2D eigenvalue weighted by Crippen LogP contribution is -2.01. The number of aromatic nitrogens is 1. The van der Waals surface area contributed by atoms with Crippen LogP contribution in [0.15, 0.2) is 102 Å². The molecular weight excluding hydrogens is 532 g/mol. The van der Waals surface area contributed by atoms with Crippen molar-refractivity contribution in [3.8, 4) is 40.3 Å². The molecule has 0 bridgehead atoms. The second kappa shape index (κ2) is 13.3. The molecule has 41 heavy (non-hydrogen) atoms. The third-order valence-corrected chi connectivity index (χ3v) is 7.16. The van der Waals surface area contributed by atoms with Crippen LogP contribution in [-0.4, -0.2) is 19.2 Å². The summed E-state index contributed by atoms with van der Waals surface area (Å²) in [7, 11) is 3.20. The molecule has 0 atom stereocenters. The predicted molar refractivity (Wildman–Crippen MR) is 162 cm³/mol. The van der Waals surface area contributed by atoms with Crippen molar-refractivity contribution >= 4 is 23.0 Å². The number of benzene rings is 4. The van der Waals surface area contributed by atoms with Gasteiger partial charge in [0, 0.05) is 10.9 Å². The molecule has 0 aliphatic heterocycles. The normalized spacial score (nSPS) is 11.0. The number of nitrogens with zero attached hydrogens (tertiary/aromatic N) is 2. The highest BCUT2D eigenvalue weighted by Crippen LogP contribution is 2.35. The van der Waals surface area contributed by atoms with E-state index >= 15 is 0 Å². The van der Waals surface area contributed by atoms with E-state index in [4.69, 9.17) is 23.9 Å². The quantitative estimate of drug-likeness (QED) is 0.152. The fraction of sp³-hybridized carbons (Fsp3) is 0.118. The van der Waals surface area contributed by atoms with Gasteiger partial charge in [0.25, 0.3) is 0 Å². The molecule has 7 heteroatoms. The molecule has 1 heterocycles. The second-order valence-electron chi connectivity index (χ2n) is 9.03. The van der Waals surface area contributed by atoms with Gasteiger partial charge in [0.1, 0.15) is 24.3 Å². The van der Waals surface area contributed by atoms with Crippen molar-refractivity contribution in [2.24, 2.45) is 0 Å². The Morgan fingerprint density at radius 1 is 0.756 bits per heavy atom. The van der Waals surface area contributed by atoms with Gasteiger partial charge >= 0.3 is 0 Å². The number of hydrogen-bond acceptors (Lipinski definition) is 7. The van der Waals surface area contributed by atoms with Crippen molar-refractivity contribution in [2.75, 3.05) is 14.2 Å². The van der Waals surface area contributed by atoms with Crippen LogP contribution >= 0.6 is 11.3 Å². The van der Waals surface area contributed by atoms with Crippen molar-refractivity contribution in [2.45, 2.75) is 13.2 Å². The van der Waals surface area contributed by atoms with Gasteiger partial charge in [-0.15, -0.1) is 11.3 Å². The van der Waals surface area contributed by atoms with E-state index in [2.05, 4.69) is 6.07 Å². The summed E-state index contributed by atoms with van der Waals surface area (Å²) in [6, 6.07) is 33.6. The van der Waals surface area contributed by atoms with E-state index in [1.807, 2.05) is 109 Å². The average molecular weight is 561 g/mol. The minimum Gasteiger partial charge on any atom is -0.493 e. The Kier molecular flexibility index (Phi) is 8.95. The maximum atomic E-state index is 10.0. The van der Waals surface area contributed by atoms with E-state index in [1.54, 1.807) is 14.2 Å². The second-order valence-corrected chi connectivity index (χ2v) is 9.89. The lowest BCUT2D eigenvalue weighted by Gasteiger charge is -2.14. The molecule has 0 unspecified atom stereocenters. The van der Waals surface area contributed by atoms with Crippen molar-refractivity contribution in [1.82, 2.24) is 4.98 Å². The highest BCUT2D eigenvalue weighted by atomic mass is 32.1. The Morgan fingerprint density at radius 3 is 2.02 bits per heavy atom. The number of nitriles is 1. The number of allylic oxidation sites excluding steroid dienone is 1. The third kappa shape index (κ3) is 6.93. The summed E-state index contributed by atoms with van der Waals surface area (Å²) in [5.74, 6) is 2.49. The molecule has 0 fully saturated rings. The Hall–Kier alpha value is -5.06. The Morgan fingerprint density at radius 2 is 1.39 bits per heavy atom. The first-order chi connectivity index (χ1) is 20.2. The summed E-state index contributed by atoms with van der Waals surface area (Å²) in [6.07, 6.45) is 1.81. The SMILES string of the molecule is COc1ccc(-c2csc(C(C#N)=Cc3ccc(OCc4ccccc4)c(OCc4ccccc4)c3)n2)cc1OC. The monoisotopic (exact) mass is 560 g/mol. The highest BCUT2D eigenvalue weighted by molar-refractivity contribution is 7.11. The summed E-state index contributed by atoms with van der Waals surface area (Å²) in [4.78, 5) is 4.73. The fourth-order valence-electron chi connectivity index (χ4n) is 4.15. The molecule has 0 saturated heterocycles. The Labute approximate surface area is 243 Å². The van der Waals surface area contributed by atoms with Crippen LogP contribution in [0.25, 0.3) is 22.9 Å². The highest BCUT2D eigenvalue weighted by Gasteiger charge is 2.13. The van der Waals surface area contributed by atoms with Gasteiger partial charge in [-0.25, -0.2) is 4.98 Å². The number of ether oxygens (including phenoxy) is 4. The van der Waals surface area contributed by atoms with Gasteiger partial charge < -0.3 is 18.9 Å². The number of methoxy groups -OCH3 is 2. The molecule has 0 saturated carbocycles. The van der Waals surface area contributed by atoms with Crippen LogP contribution in [0, 0.1) is 11.3 Å². The molecule has 5 aromatic rings. The Bertz CT molecular complexity index is 1670. The molecule has 0 aliphatic carbocycles. The Balaban J connectivity index is 1.41. The van der Waals surface area contributed by atoms with Crippen LogP contribution in [0.1, 0.15) is 21.7 Å². The van der Waals surface area contributed by atoms with Crippen LogP contribution in [0.3, 0.4) is 0 Å². The number of hydrogen-bond donors (Lipinski definition) is 0. The zero-order valence-corrected chi connectivity index (χ0v) is 23.6. The number of thiazole rings is 1. The molecule has 0 radical (unpaired) electrons. The van der Waals surface area contributed by atoms with Crippen molar-refractivity contribution in [1.29, 1.82) is 5.26 Å². The first-order valence-corrected chi connectivity index (χ1v) is 13.8. The van der Waals surface area contributed by atoms with Gasteiger partial charge in [0.2, 0.25) is 0 Å². The maximum absolute atomic E-state index is 10.0. The smallest absolute Gasteiger partial charge is 0.162 e. The minimum atomic E-state index is 0.391. The van der Waals surface area contributed by atoms with Gasteiger partial charge in [-0.3, -0.25) is 0 Å². The average Bonchev–Trinajstić information content (AvgIpc) is 3.53. The summed E-state index contributed by atoms with van der Waals surface area (Å²) < 4.78 is 23.1. The van der Waals surface area contributed by atoms with Gasteiger partial charge in [0.15, 0.2) is 23.0 Å². The standard InChI is InChI=1S/C34H28N2O4S/c1-37-30-16-14-27(19-32(30)38-2)29-23-41-34(36-29)28(20-35)17-26-13-15-31(39-21-24-9-5-3-6-10-24)33(18-26)40-22-25-11-7-4-8-12-25/h3-19,23H,21-22H2,1-2H3. The molecule has 204 valence electrons. The lowest BCUT2D eigenvalue weighted by atomic mass is 10.1. The van der Waals surface area contributed by atoms with E-state index < -0.39 is 0 Å². The predicted octanol–water partition coefficient (Wildman–Crippen LogP) is 8.05.